The molecule has 1 aromatic rings. The lowest BCUT2D eigenvalue weighted by Crippen LogP contribution is -2.57. The van der Waals surface area contributed by atoms with Crippen molar-refractivity contribution in [3.63, 3.8) is 0 Å². The first-order valence-corrected chi connectivity index (χ1v) is 12.3. The number of amides is 1. The summed E-state index contributed by atoms with van der Waals surface area (Å²) in [4.78, 5) is 32.2. The molecule has 0 bridgehead atoms. The first-order chi connectivity index (χ1) is 16.2. The maximum Gasteiger partial charge on any atom is 0.410 e. The van der Waals surface area contributed by atoms with Crippen LogP contribution < -0.4 is 15.0 Å². The number of nitrogens with one attached hydrogen (secondary N) is 1. The third kappa shape index (κ3) is 7.31. The number of likely N-dealkylation sites (tertiary alicyclic amines) is 1. The van der Waals surface area contributed by atoms with Crippen molar-refractivity contribution >= 4 is 38.9 Å². The van der Waals surface area contributed by atoms with Crippen LogP contribution in [-0.2, 0) is 17.7 Å². The standard InChI is InChI=1S/C24H37N7O3.2H2S/c1-24(2,3)34-23(32)31-12-11-30(15-18(31)13-25-4)21-19-8-9-26-14-20(19)27-22(28-21)33-16-17-7-6-10-29(17)5;;/h17-18,26H,6-16H2,1-3,5H3;2*1H2/t17-,18-;;/m0../s1. The topological polar surface area (TPSA) is 87.4 Å². The van der Waals surface area contributed by atoms with E-state index in [2.05, 4.69) is 27.0 Å². The van der Waals surface area contributed by atoms with Gasteiger partial charge in [0.05, 0.1) is 5.69 Å². The molecule has 36 heavy (non-hydrogen) atoms. The molecule has 3 aliphatic rings. The first-order valence-electron chi connectivity index (χ1n) is 12.3. The molecule has 1 amide bonds. The minimum Gasteiger partial charge on any atom is -0.462 e. The smallest absolute Gasteiger partial charge is 0.410 e. The number of carbonyl (C=O) groups excluding carboxylic acids is 1. The van der Waals surface area contributed by atoms with Gasteiger partial charge in [-0.2, -0.15) is 37.0 Å². The van der Waals surface area contributed by atoms with Gasteiger partial charge in [-0.25, -0.2) is 11.4 Å². The molecular weight excluding hydrogens is 498 g/mol. The van der Waals surface area contributed by atoms with E-state index in [4.69, 9.17) is 26.0 Å². The summed E-state index contributed by atoms with van der Waals surface area (Å²) in [5.41, 5.74) is 1.54. The lowest BCUT2D eigenvalue weighted by atomic mass is 10.1. The molecular formula is C24H41N7O3S2. The number of ether oxygens (including phenoxy) is 2. The third-order valence-corrected chi connectivity index (χ3v) is 6.68. The number of rotatable bonds is 5. The zero-order valence-electron chi connectivity index (χ0n) is 21.8. The van der Waals surface area contributed by atoms with Gasteiger partial charge in [-0.3, -0.25) is 4.90 Å². The Kier molecular flexibility index (Phi) is 11.0. The largest absolute Gasteiger partial charge is 0.462 e. The predicted molar refractivity (Wildman–Crippen MR) is 150 cm³/mol. The number of nitrogens with zero attached hydrogens (tertiary/aromatic N) is 6. The van der Waals surface area contributed by atoms with Gasteiger partial charge >= 0.3 is 12.1 Å². The number of carbonyl (C=O) groups is 1. The van der Waals surface area contributed by atoms with E-state index in [1.54, 1.807) is 4.90 Å². The fraction of sp³-hybridized carbons (Fsp3) is 0.750. The Hall–Kier alpha value is -1.94. The van der Waals surface area contributed by atoms with Crippen LogP contribution in [0.1, 0.15) is 44.9 Å². The van der Waals surface area contributed by atoms with Crippen molar-refractivity contribution in [1.29, 1.82) is 0 Å². The van der Waals surface area contributed by atoms with Crippen LogP contribution in [0.15, 0.2) is 0 Å². The van der Waals surface area contributed by atoms with E-state index in [0.29, 0.717) is 44.8 Å². The summed E-state index contributed by atoms with van der Waals surface area (Å²) in [7, 11) is 2.13. The summed E-state index contributed by atoms with van der Waals surface area (Å²) >= 11 is 0. The quantitative estimate of drug-likeness (QED) is 0.570. The summed E-state index contributed by atoms with van der Waals surface area (Å²) in [6.45, 7) is 18.1. The summed E-state index contributed by atoms with van der Waals surface area (Å²) < 4.78 is 11.7. The molecule has 0 aliphatic carbocycles. The predicted octanol–water partition coefficient (Wildman–Crippen LogP) is 2.17. The minimum absolute atomic E-state index is 0. The van der Waals surface area contributed by atoms with E-state index < -0.39 is 5.60 Å². The highest BCUT2D eigenvalue weighted by atomic mass is 32.1. The first kappa shape index (κ1) is 30.3. The maximum absolute atomic E-state index is 12.8. The highest BCUT2D eigenvalue weighted by molar-refractivity contribution is 7.59. The molecule has 3 aliphatic heterocycles. The van der Waals surface area contributed by atoms with E-state index in [9.17, 15) is 4.79 Å². The molecule has 2 atom stereocenters. The summed E-state index contributed by atoms with van der Waals surface area (Å²) in [5.74, 6) is 0.875. The van der Waals surface area contributed by atoms with Crippen molar-refractivity contribution in [2.45, 2.75) is 64.3 Å². The average Bonchev–Trinajstić information content (AvgIpc) is 3.20. The highest BCUT2D eigenvalue weighted by Gasteiger charge is 2.37. The van der Waals surface area contributed by atoms with Crippen LogP contribution in [0.25, 0.3) is 4.85 Å². The molecule has 4 heterocycles. The number of fused-ring (bicyclic) bond motifs is 1. The second-order valence-electron chi connectivity index (χ2n) is 10.4. The van der Waals surface area contributed by atoms with Crippen LogP contribution in [-0.4, -0.2) is 96.5 Å². The van der Waals surface area contributed by atoms with Gasteiger partial charge in [0.1, 0.15) is 24.1 Å². The van der Waals surface area contributed by atoms with Crippen LogP contribution in [0.5, 0.6) is 6.01 Å². The fourth-order valence-electron chi connectivity index (χ4n) is 4.87. The van der Waals surface area contributed by atoms with E-state index in [1.807, 2.05) is 20.8 Å². The van der Waals surface area contributed by atoms with Crippen molar-refractivity contribution in [2.75, 3.05) is 57.8 Å². The molecule has 0 radical (unpaired) electrons. The number of hydrogen-bond donors (Lipinski definition) is 1. The molecule has 2 saturated heterocycles. The van der Waals surface area contributed by atoms with Crippen molar-refractivity contribution in [3.05, 3.63) is 22.7 Å². The van der Waals surface area contributed by atoms with Gasteiger partial charge in [0.25, 0.3) is 0 Å². The Balaban J connectivity index is 0.00000228. The maximum atomic E-state index is 12.8. The Morgan fingerprint density at radius 1 is 1.19 bits per heavy atom. The van der Waals surface area contributed by atoms with Crippen LogP contribution in [0.4, 0.5) is 10.6 Å². The molecule has 202 valence electrons. The Morgan fingerprint density at radius 3 is 2.64 bits per heavy atom. The second kappa shape index (κ2) is 13.0. The minimum atomic E-state index is -0.574. The van der Waals surface area contributed by atoms with Gasteiger partial charge in [0.2, 0.25) is 6.54 Å². The summed E-state index contributed by atoms with van der Waals surface area (Å²) in [6.07, 6.45) is 2.80. The monoisotopic (exact) mass is 539 g/mol. The molecule has 0 unspecified atom stereocenters. The molecule has 4 rings (SSSR count). The van der Waals surface area contributed by atoms with Crippen molar-refractivity contribution in [3.8, 4) is 6.01 Å². The normalized spacial score (nSPS) is 22.1. The van der Waals surface area contributed by atoms with E-state index in [1.165, 1.54) is 6.42 Å². The summed E-state index contributed by atoms with van der Waals surface area (Å²) in [6, 6.07) is 0.542. The van der Waals surface area contributed by atoms with Gasteiger partial charge in [-0.05, 0) is 60.2 Å². The average molecular weight is 540 g/mol. The van der Waals surface area contributed by atoms with Crippen molar-refractivity contribution in [2.24, 2.45) is 0 Å². The number of likely N-dealkylation sites (N-methyl/N-ethyl adjacent to an activating group) is 1. The van der Waals surface area contributed by atoms with Crippen molar-refractivity contribution in [1.82, 2.24) is 25.1 Å². The van der Waals surface area contributed by atoms with Crippen molar-refractivity contribution < 1.29 is 14.3 Å². The fourth-order valence-corrected chi connectivity index (χ4v) is 4.87. The van der Waals surface area contributed by atoms with Crippen LogP contribution in [0, 0.1) is 6.57 Å². The number of aromatic nitrogens is 2. The lowest BCUT2D eigenvalue weighted by molar-refractivity contribution is 0.0155. The van der Waals surface area contributed by atoms with Crippen LogP contribution in [0.2, 0.25) is 0 Å². The van der Waals surface area contributed by atoms with E-state index >= 15 is 0 Å². The molecule has 1 N–H and O–H groups in total. The Morgan fingerprint density at radius 2 is 1.97 bits per heavy atom. The molecule has 10 nitrogen and oxygen atoms in total. The van der Waals surface area contributed by atoms with Gasteiger partial charge in [-0.1, -0.05) is 0 Å². The number of piperazine rings is 1. The van der Waals surface area contributed by atoms with Gasteiger partial charge in [-0.15, -0.1) is 0 Å². The molecule has 2 fully saturated rings. The molecule has 12 heteroatoms. The summed E-state index contributed by atoms with van der Waals surface area (Å²) in [5, 5.41) is 3.39. The SMILES string of the molecule is S.S.[C-]#[N+]C[C@H]1CN(c2nc(OC[C@@H]3CCCN3C)nc3c2CCNC3)CCN1C(=O)OC(C)(C)C. The molecule has 0 saturated carbocycles. The Labute approximate surface area is 228 Å². The molecule has 0 spiro atoms. The zero-order chi connectivity index (χ0) is 24.3. The van der Waals surface area contributed by atoms with E-state index in [-0.39, 0.29) is 45.7 Å². The second-order valence-corrected chi connectivity index (χ2v) is 10.4. The zero-order valence-corrected chi connectivity index (χ0v) is 23.8. The molecule has 1 aromatic heterocycles. The van der Waals surface area contributed by atoms with E-state index in [0.717, 1.165) is 43.0 Å². The lowest BCUT2D eigenvalue weighted by Gasteiger charge is -2.41. The Bertz CT molecular complexity index is 938. The highest BCUT2D eigenvalue weighted by Crippen LogP contribution is 2.29. The van der Waals surface area contributed by atoms with Crippen LogP contribution in [0.3, 0.4) is 0 Å². The molecule has 0 aromatic carbocycles. The number of hydrogen-bond acceptors (Lipinski definition) is 8. The number of anilines is 1. The van der Waals surface area contributed by atoms with Gasteiger partial charge < -0.3 is 29.4 Å². The van der Waals surface area contributed by atoms with Crippen LogP contribution >= 0.6 is 27.0 Å². The van der Waals surface area contributed by atoms with Gasteiger partial charge in [0.15, 0.2) is 0 Å². The van der Waals surface area contributed by atoms with Gasteiger partial charge in [0, 0.05) is 37.8 Å². The third-order valence-electron chi connectivity index (χ3n) is 6.68.